The Balaban J connectivity index is 1.68. The van der Waals surface area contributed by atoms with Crippen LogP contribution in [0.3, 0.4) is 0 Å². The van der Waals surface area contributed by atoms with Crippen LogP contribution in [0.25, 0.3) is 6.08 Å². The first-order valence-corrected chi connectivity index (χ1v) is 11.1. The molecule has 1 saturated carbocycles. The number of terminal acetylenes is 1. The third-order valence-electron chi connectivity index (χ3n) is 6.58. The Hall–Kier alpha value is -2.55. The van der Waals surface area contributed by atoms with Crippen LogP contribution in [0.5, 0.6) is 0 Å². The fraction of sp³-hybridized carbons (Fsp3) is 0.464. The molecule has 30 heavy (non-hydrogen) atoms. The average Bonchev–Trinajstić information content (AvgIpc) is 2.74. The van der Waals surface area contributed by atoms with Crippen molar-refractivity contribution in [1.29, 1.82) is 0 Å². The molecule has 1 aromatic rings. The van der Waals surface area contributed by atoms with Crippen LogP contribution in [0.2, 0.25) is 0 Å². The van der Waals surface area contributed by atoms with Gasteiger partial charge in [-0.3, -0.25) is 4.79 Å². The number of hydrogen-bond donors (Lipinski definition) is 1. The Bertz CT molecular complexity index is 943. The molecule has 0 aromatic heterocycles. The highest BCUT2D eigenvalue weighted by molar-refractivity contribution is 6.12. The monoisotopic (exact) mass is 400 g/mol. The van der Waals surface area contributed by atoms with Crippen LogP contribution in [0, 0.1) is 29.6 Å². The Morgan fingerprint density at radius 3 is 2.67 bits per heavy atom. The molecule has 1 N–H and O–H groups in total. The van der Waals surface area contributed by atoms with E-state index in [1.54, 1.807) is 0 Å². The predicted molar refractivity (Wildman–Crippen MR) is 124 cm³/mol. The largest absolute Gasteiger partial charge is 0.392 e. The van der Waals surface area contributed by atoms with Crippen LogP contribution in [0.4, 0.5) is 0 Å². The van der Waals surface area contributed by atoms with Crippen molar-refractivity contribution < 1.29 is 9.90 Å². The Labute approximate surface area is 181 Å². The maximum absolute atomic E-state index is 12.9. The Morgan fingerprint density at radius 1 is 1.20 bits per heavy atom. The number of fused-ring (bicyclic) bond motifs is 1. The van der Waals surface area contributed by atoms with Gasteiger partial charge in [0.05, 0.1) is 6.10 Å². The zero-order valence-corrected chi connectivity index (χ0v) is 18.3. The summed E-state index contributed by atoms with van der Waals surface area (Å²) in [5, 5.41) is 10.7. The van der Waals surface area contributed by atoms with Crippen molar-refractivity contribution in [2.75, 3.05) is 0 Å². The summed E-state index contributed by atoms with van der Waals surface area (Å²) in [5.41, 5.74) is 4.47. The summed E-state index contributed by atoms with van der Waals surface area (Å²) >= 11 is 0. The third-order valence-corrected chi connectivity index (χ3v) is 6.58. The van der Waals surface area contributed by atoms with Gasteiger partial charge in [-0.05, 0) is 74.8 Å². The van der Waals surface area contributed by atoms with Crippen LogP contribution < -0.4 is 0 Å². The van der Waals surface area contributed by atoms with Gasteiger partial charge in [0.1, 0.15) is 0 Å². The topological polar surface area (TPSA) is 37.3 Å². The minimum atomic E-state index is -0.378. The molecule has 2 aliphatic rings. The van der Waals surface area contributed by atoms with Crippen molar-refractivity contribution in [3.8, 4) is 24.2 Å². The standard InChI is InChI=1S/C28H32O2/c1-4-5-6-7-8-9-10-12-22-15-17-23(18-16-22)19-24-20-28(3)25(21(2)27(24)30)13-11-14-26(28)29/h1,15-19,26,29H,5-9,11,13-14,20H2,2-3H3/b24-19+/t26-,28-/m0/s1. The van der Waals surface area contributed by atoms with Gasteiger partial charge in [-0.2, -0.15) is 0 Å². The smallest absolute Gasteiger partial charge is 0.184 e. The number of rotatable bonds is 5. The summed E-state index contributed by atoms with van der Waals surface area (Å²) in [6, 6.07) is 8.06. The lowest BCUT2D eigenvalue weighted by Crippen LogP contribution is -2.42. The molecule has 2 atom stereocenters. The number of benzene rings is 1. The van der Waals surface area contributed by atoms with Gasteiger partial charge >= 0.3 is 0 Å². The van der Waals surface area contributed by atoms with Gasteiger partial charge in [0.2, 0.25) is 0 Å². The Morgan fingerprint density at radius 2 is 1.93 bits per heavy atom. The fourth-order valence-electron chi connectivity index (χ4n) is 4.73. The average molecular weight is 401 g/mol. The highest BCUT2D eigenvalue weighted by Crippen LogP contribution is 2.50. The lowest BCUT2D eigenvalue weighted by Gasteiger charge is -2.45. The molecule has 2 nitrogen and oxygen atoms in total. The van der Waals surface area contributed by atoms with E-state index in [2.05, 4.69) is 24.7 Å². The molecule has 156 valence electrons. The minimum absolute atomic E-state index is 0.130. The number of allylic oxidation sites excluding steroid dienone is 2. The van der Waals surface area contributed by atoms with Crippen molar-refractivity contribution in [2.45, 2.75) is 77.7 Å². The number of Topliss-reactive ketones (excluding diaryl/α,β-unsaturated/α-hetero) is 1. The van der Waals surface area contributed by atoms with Gasteiger partial charge in [0.25, 0.3) is 0 Å². The number of carbonyl (C=O) groups is 1. The molecule has 0 bridgehead atoms. The van der Waals surface area contributed by atoms with E-state index in [1.165, 1.54) is 0 Å². The van der Waals surface area contributed by atoms with E-state index in [4.69, 9.17) is 6.42 Å². The van der Waals surface area contributed by atoms with E-state index < -0.39 is 0 Å². The number of aliphatic hydroxyl groups is 1. The Kier molecular flexibility index (Phi) is 7.36. The maximum atomic E-state index is 12.9. The van der Waals surface area contributed by atoms with Crippen molar-refractivity contribution in [2.24, 2.45) is 5.41 Å². The van der Waals surface area contributed by atoms with Crippen LogP contribution in [0.1, 0.15) is 82.8 Å². The first kappa shape index (κ1) is 22.1. The molecule has 2 aliphatic carbocycles. The molecule has 0 heterocycles. The van der Waals surface area contributed by atoms with Crippen molar-refractivity contribution in [1.82, 2.24) is 0 Å². The van der Waals surface area contributed by atoms with E-state index in [0.717, 1.165) is 79.2 Å². The molecular weight excluding hydrogens is 368 g/mol. The maximum Gasteiger partial charge on any atom is 0.184 e. The van der Waals surface area contributed by atoms with Gasteiger partial charge in [0.15, 0.2) is 5.78 Å². The van der Waals surface area contributed by atoms with Gasteiger partial charge in [-0.1, -0.05) is 42.9 Å². The molecule has 0 amide bonds. The number of unbranched alkanes of at least 4 members (excludes halogenated alkanes) is 4. The molecule has 0 aliphatic heterocycles. The molecule has 1 aromatic carbocycles. The van der Waals surface area contributed by atoms with Crippen LogP contribution >= 0.6 is 0 Å². The molecule has 0 unspecified atom stereocenters. The summed E-state index contributed by atoms with van der Waals surface area (Å²) < 4.78 is 0. The SMILES string of the molecule is C#CCCCCCC#Cc1ccc(/C=C2\C[C@@]3(C)C(=C(C)C2=O)CCC[C@@H]3O)cc1. The first-order chi connectivity index (χ1) is 14.5. The van der Waals surface area contributed by atoms with Gasteiger partial charge < -0.3 is 5.11 Å². The predicted octanol–water partition coefficient (Wildman–Crippen LogP) is 5.85. The van der Waals surface area contributed by atoms with Gasteiger partial charge in [-0.15, -0.1) is 12.3 Å². The molecule has 2 heteroatoms. The third kappa shape index (κ3) is 4.95. The molecule has 0 radical (unpaired) electrons. The number of hydrogen-bond acceptors (Lipinski definition) is 2. The quantitative estimate of drug-likeness (QED) is 0.383. The normalized spacial score (nSPS) is 24.8. The molecule has 1 fully saturated rings. The lowest BCUT2D eigenvalue weighted by molar-refractivity contribution is -0.113. The second kappa shape index (κ2) is 9.97. The van der Waals surface area contributed by atoms with E-state index in [-0.39, 0.29) is 17.3 Å². The van der Waals surface area contributed by atoms with Gasteiger partial charge in [0, 0.05) is 29.4 Å². The van der Waals surface area contributed by atoms with Crippen LogP contribution in [0.15, 0.2) is 41.0 Å². The van der Waals surface area contributed by atoms with E-state index in [1.807, 2.05) is 37.3 Å². The number of aliphatic hydroxyl groups excluding tert-OH is 1. The molecule has 0 spiro atoms. The molecule has 3 rings (SSSR count). The highest BCUT2D eigenvalue weighted by atomic mass is 16.3. The summed E-state index contributed by atoms with van der Waals surface area (Å²) in [7, 11) is 0. The lowest BCUT2D eigenvalue weighted by atomic mass is 9.61. The van der Waals surface area contributed by atoms with E-state index in [9.17, 15) is 9.90 Å². The zero-order chi connectivity index (χ0) is 21.6. The minimum Gasteiger partial charge on any atom is -0.392 e. The van der Waals surface area contributed by atoms with Crippen molar-refractivity contribution >= 4 is 11.9 Å². The molecule has 0 saturated heterocycles. The summed E-state index contributed by atoms with van der Waals surface area (Å²) in [5.74, 6) is 9.24. The van der Waals surface area contributed by atoms with Crippen molar-refractivity contribution in [3.63, 3.8) is 0 Å². The summed E-state index contributed by atoms with van der Waals surface area (Å²) in [6.45, 7) is 4.04. The summed E-state index contributed by atoms with van der Waals surface area (Å²) in [4.78, 5) is 12.9. The van der Waals surface area contributed by atoms with Crippen molar-refractivity contribution in [3.05, 3.63) is 52.1 Å². The van der Waals surface area contributed by atoms with Crippen LogP contribution in [-0.2, 0) is 4.79 Å². The zero-order valence-electron chi connectivity index (χ0n) is 18.3. The molecular formula is C28H32O2. The second-order valence-corrected chi connectivity index (χ2v) is 8.79. The van der Waals surface area contributed by atoms with E-state index in [0.29, 0.717) is 6.42 Å². The highest BCUT2D eigenvalue weighted by Gasteiger charge is 2.45. The number of ketones is 1. The van der Waals surface area contributed by atoms with Gasteiger partial charge in [-0.25, -0.2) is 0 Å². The second-order valence-electron chi connectivity index (χ2n) is 8.79. The summed E-state index contributed by atoms with van der Waals surface area (Å²) in [6.07, 6.45) is 15.2. The van der Waals surface area contributed by atoms with Crippen LogP contribution in [-0.4, -0.2) is 17.0 Å². The van der Waals surface area contributed by atoms with E-state index >= 15 is 0 Å². The first-order valence-electron chi connectivity index (χ1n) is 11.1. The fourth-order valence-corrected chi connectivity index (χ4v) is 4.73. The number of carbonyl (C=O) groups excluding carboxylic acids is 1.